The van der Waals surface area contributed by atoms with Gasteiger partial charge in [0.1, 0.15) is 0 Å². The molecule has 0 bridgehead atoms. The molecule has 2 aromatic rings. The second-order valence-electron chi connectivity index (χ2n) is 6.23. The second-order valence-corrected chi connectivity index (χ2v) is 8.16. The molecule has 1 saturated heterocycles. The Balaban J connectivity index is 1.56. The van der Waals surface area contributed by atoms with Gasteiger partial charge in [0, 0.05) is 24.5 Å². The molecular formula is C19H20N4O3S. The highest BCUT2D eigenvalue weighted by molar-refractivity contribution is 7.89. The number of carbonyl (C=O) groups excluding carboxylic acids is 1. The molecule has 0 saturated carbocycles. The number of sulfonamides is 1. The normalized spacial score (nSPS) is 14.5. The number of carbonyl (C=O) groups is 1. The fraction of sp³-hybridized carbons (Fsp3) is 0.263. The van der Waals surface area contributed by atoms with Crippen LogP contribution in [-0.2, 0) is 14.8 Å². The first kappa shape index (κ1) is 18.9. The third-order valence-electron chi connectivity index (χ3n) is 4.31. The van der Waals surface area contributed by atoms with E-state index in [1.165, 1.54) is 16.4 Å². The van der Waals surface area contributed by atoms with E-state index in [0.29, 0.717) is 24.3 Å². The van der Waals surface area contributed by atoms with E-state index in [1.54, 1.807) is 36.4 Å². The van der Waals surface area contributed by atoms with Crippen LogP contribution < -0.4 is 10.6 Å². The molecule has 1 aliphatic rings. The molecule has 0 atom stereocenters. The molecular weight excluding hydrogens is 364 g/mol. The Labute approximate surface area is 158 Å². The van der Waals surface area contributed by atoms with Crippen molar-refractivity contribution in [2.45, 2.75) is 17.7 Å². The maximum Gasteiger partial charge on any atom is 0.243 e. The Morgan fingerprint density at radius 3 is 2.19 bits per heavy atom. The van der Waals surface area contributed by atoms with Crippen molar-refractivity contribution >= 4 is 27.3 Å². The van der Waals surface area contributed by atoms with Crippen LogP contribution in [0.3, 0.4) is 0 Å². The van der Waals surface area contributed by atoms with Gasteiger partial charge in [-0.25, -0.2) is 8.42 Å². The van der Waals surface area contributed by atoms with Crippen molar-refractivity contribution in [3.8, 4) is 6.07 Å². The summed E-state index contributed by atoms with van der Waals surface area (Å²) in [5, 5.41) is 14.5. The molecule has 1 aliphatic heterocycles. The number of rotatable bonds is 6. The minimum Gasteiger partial charge on any atom is -0.376 e. The van der Waals surface area contributed by atoms with Crippen LogP contribution >= 0.6 is 0 Å². The average Bonchev–Trinajstić information content (AvgIpc) is 3.23. The maximum absolute atomic E-state index is 12.5. The molecule has 1 heterocycles. The Hall–Kier alpha value is -2.89. The molecule has 1 fully saturated rings. The monoisotopic (exact) mass is 384 g/mol. The number of nitrogens with one attached hydrogen (secondary N) is 2. The predicted molar refractivity (Wildman–Crippen MR) is 103 cm³/mol. The van der Waals surface area contributed by atoms with Gasteiger partial charge in [-0.3, -0.25) is 4.79 Å². The molecule has 2 aromatic carbocycles. The topological polar surface area (TPSA) is 102 Å². The summed E-state index contributed by atoms with van der Waals surface area (Å²) in [6.07, 6.45) is 1.78. The second kappa shape index (κ2) is 8.20. The lowest BCUT2D eigenvalue weighted by Gasteiger charge is -2.15. The minimum atomic E-state index is -3.45. The van der Waals surface area contributed by atoms with E-state index in [1.807, 2.05) is 6.07 Å². The first-order valence-corrected chi connectivity index (χ1v) is 10.1. The van der Waals surface area contributed by atoms with Crippen molar-refractivity contribution in [1.29, 1.82) is 5.26 Å². The van der Waals surface area contributed by atoms with Crippen molar-refractivity contribution in [2.75, 3.05) is 30.3 Å². The van der Waals surface area contributed by atoms with Crippen LogP contribution in [0.5, 0.6) is 0 Å². The SMILES string of the molecule is N#Cc1ccc(NCC(=O)Nc2ccc(S(=O)(=O)N3CCCC3)cc2)cc1. The van der Waals surface area contributed by atoms with Crippen LogP contribution in [0.15, 0.2) is 53.4 Å². The van der Waals surface area contributed by atoms with E-state index in [-0.39, 0.29) is 17.3 Å². The lowest BCUT2D eigenvalue weighted by atomic mass is 10.2. The van der Waals surface area contributed by atoms with Crippen LogP contribution in [0.25, 0.3) is 0 Å². The van der Waals surface area contributed by atoms with Gasteiger partial charge in [0.2, 0.25) is 15.9 Å². The van der Waals surface area contributed by atoms with Crippen LogP contribution in [0.1, 0.15) is 18.4 Å². The van der Waals surface area contributed by atoms with Gasteiger partial charge in [-0.05, 0) is 61.4 Å². The number of hydrogen-bond donors (Lipinski definition) is 2. The van der Waals surface area contributed by atoms with Gasteiger partial charge in [0.25, 0.3) is 0 Å². The summed E-state index contributed by atoms with van der Waals surface area (Å²) < 4.78 is 26.5. The predicted octanol–water partition coefficient (Wildman–Crippen LogP) is 2.39. The summed E-state index contributed by atoms with van der Waals surface area (Å²) in [7, 11) is -3.45. The fourth-order valence-electron chi connectivity index (χ4n) is 2.84. The maximum atomic E-state index is 12.5. The summed E-state index contributed by atoms with van der Waals surface area (Å²) in [5.74, 6) is -0.255. The first-order valence-electron chi connectivity index (χ1n) is 8.63. The summed E-state index contributed by atoms with van der Waals surface area (Å²) in [4.78, 5) is 12.3. The van der Waals surface area contributed by atoms with Crippen LogP contribution in [-0.4, -0.2) is 38.3 Å². The van der Waals surface area contributed by atoms with Crippen LogP contribution in [0, 0.1) is 11.3 Å². The van der Waals surface area contributed by atoms with Crippen molar-refractivity contribution < 1.29 is 13.2 Å². The molecule has 1 amide bonds. The summed E-state index contributed by atoms with van der Waals surface area (Å²) in [6.45, 7) is 1.17. The molecule has 8 heteroatoms. The molecule has 27 heavy (non-hydrogen) atoms. The van der Waals surface area contributed by atoms with Crippen molar-refractivity contribution in [3.63, 3.8) is 0 Å². The van der Waals surface area contributed by atoms with E-state index < -0.39 is 10.0 Å². The number of amides is 1. The van der Waals surface area contributed by atoms with Gasteiger partial charge < -0.3 is 10.6 Å². The zero-order valence-corrected chi connectivity index (χ0v) is 15.5. The molecule has 0 unspecified atom stereocenters. The van der Waals surface area contributed by atoms with E-state index in [0.717, 1.165) is 18.5 Å². The Kier molecular flexibility index (Phi) is 5.74. The van der Waals surface area contributed by atoms with Gasteiger partial charge in [-0.15, -0.1) is 0 Å². The molecule has 3 rings (SSSR count). The van der Waals surface area contributed by atoms with Crippen LogP contribution in [0.2, 0.25) is 0 Å². The zero-order chi connectivity index (χ0) is 19.3. The van der Waals surface area contributed by atoms with Gasteiger partial charge >= 0.3 is 0 Å². The molecule has 0 spiro atoms. The lowest BCUT2D eigenvalue weighted by Crippen LogP contribution is -2.27. The molecule has 0 radical (unpaired) electrons. The zero-order valence-electron chi connectivity index (χ0n) is 14.7. The third kappa shape index (κ3) is 4.64. The quantitative estimate of drug-likeness (QED) is 0.796. The number of nitriles is 1. The highest BCUT2D eigenvalue weighted by Gasteiger charge is 2.26. The summed E-state index contributed by atoms with van der Waals surface area (Å²) in [6, 6.07) is 15.0. The van der Waals surface area contributed by atoms with Gasteiger partial charge in [0.15, 0.2) is 0 Å². The van der Waals surface area contributed by atoms with Gasteiger partial charge in [-0.1, -0.05) is 0 Å². The highest BCUT2D eigenvalue weighted by Crippen LogP contribution is 2.22. The van der Waals surface area contributed by atoms with Crippen molar-refractivity contribution in [2.24, 2.45) is 0 Å². The van der Waals surface area contributed by atoms with E-state index >= 15 is 0 Å². The lowest BCUT2D eigenvalue weighted by molar-refractivity contribution is -0.114. The Morgan fingerprint density at radius 2 is 1.59 bits per heavy atom. The molecule has 2 N–H and O–H groups in total. The standard InChI is InChI=1S/C19H20N4O3S/c20-13-15-3-5-16(6-4-15)21-14-19(24)22-17-7-9-18(10-8-17)27(25,26)23-11-1-2-12-23/h3-10,21H,1-2,11-12,14H2,(H,22,24). The highest BCUT2D eigenvalue weighted by atomic mass is 32.2. The molecule has 140 valence electrons. The largest absolute Gasteiger partial charge is 0.376 e. The molecule has 0 aliphatic carbocycles. The number of benzene rings is 2. The summed E-state index contributed by atoms with van der Waals surface area (Å²) >= 11 is 0. The average molecular weight is 384 g/mol. The number of nitrogens with zero attached hydrogens (tertiary/aromatic N) is 2. The van der Waals surface area contributed by atoms with Gasteiger partial charge in [0.05, 0.1) is 23.1 Å². The van der Waals surface area contributed by atoms with Crippen LogP contribution in [0.4, 0.5) is 11.4 Å². The van der Waals surface area contributed by atoms with E-state index in [2.05, 4.69) is 10.6 Å². The van der Waals surface area contributed by atoms with E-state index in [9.17, 15) is 13.2 Å². The fourth-order valence-corrected chi connectivity index (χ4v) is 4.36. The molecule has 0 aromatic heterocycles. The minimum absolute atomic E-state index is 0.0553. The van der Waals surface area contributed by atoms with E-state index in [4.69, 9.17) is 5.26 Å². The first-order chi connectivity index (χ1) is 13.0. The third-order valence-corrected chi connectivity index (χ3v) is 6.22. The number of hydrogen-bond acceptors (Lipinski definition) is 5. The van der Waals surface area contributed by atoms with Gasteiger partial charge in [-0.2, -0.15) is 9.57 Å². The smallest absolute Gasteiger partial charge is 0.243 e. The Bertz CT molecular complexity index is 942. The number of anilines is 2. The summed E-state index contributed by atoms with van der Waals surface area (Å²) in [5.41, 5.74) is 1.81. The van der Waals surface area contributed by atoms with Crippen molar-refractivity contribution in [1.82, 2.24) is 4.31 Å². The van der Waals surface area contributed by atoms with Crippen molar-refractivity contribution in [3.05, 3.63) is 54.1 Å². The Morgan fingerprint density at radius 1 is 1.00 bits per heavy atom. The molecule has 7 nitrogen and oxygen atoms in total.